The van der Waals surface area contributed by atoms with Gasteiger partial charge >= 0.3 is 0 Å². The Morgan fingerprint density at radius 1 is 1.11 bits per heavy atom. The number of halogens is 3. The molecule has 2 N–H and O–H groups in total. The fraction of sp³-hybridized carbons (Fsp3) is 0.350. The van der Waals surface area contributed by atoms with E-state index in [9.17, 15) is 13.6 Å². The van der Waals surface area contributed by atoms with E-state index in [0.717, 1.165) is 18.4 Å². The Balaban J connectivity index is 1.47. The first kappa shape index (κ1) is 18.3. The molecule has 2 unspecified atom stereocenters. The van der Waals surface area contributed by atoms with Gasteiger partial charge in [0.1, 0.15) is 17.7 Å². The molecule has 1 aliphatic carbocycles. The summed E-state index contributed by atoms with van der Waals surface area (Å²) in [5.74, 6) is -0.768. The minimum atomic E-state index is -0.425. The monoisotopic (exact) mass is 391 g/mol. The lowest BCUT2D eigenvalue weighted by atomic mass is 10.0. The SMILES string of the molecule is O=C(C1CC(c2ccc(F)cc2)NN1)N(Cc1c(F)cccc1Cl)C1CC1. The van der Waals surface area contributed by atoms with Crippen LogP contribution in [-0.2, 0) is 11.3 Å². The first-order valence-electron chi connectivity index (χ1n) is 9.03. The number of nitrogens with zero attached hydrogens (tertiary/aromatic N) is 1. The molecule has 0 spiro atoms. The lowest BCUT2D eigenvalue weighted by Gasteiger charge is -2.26. The molecule has 27 heavy (non-hydrogen) atoms. The quantitative estimate of drug-likeness (QED) is 0.816. The Kier molecular flexibility index (Phi) is 5.12. The van der Waals surface area contributed by atoms with E-state index < -0.39 is 11.9 Å². The largest absolute Gasteiger partial charge is 0.334 e. The van der Waals surface area contributed by atoms with Crippen molar-refractivity contribution in [1.29, 1.82) is 0 Å². The van der Waals surface area contributed by atoms with Crippen molar-refractivity contribution < 1.29 is 13.6 Å². The third-order valence-corrected chi connectivity index (χ3v) is 5.49. The number of nitrogens with one attached hydrogen (secondary N) is 2. The maximum Gasteiger partial charge on any atom is 0.241 e. The van der Waals surface area contributed by atoms with Crippen molar-refractivity contribution in [1.82, 2.24) is 15.8 Å². The molecule has 4 rings (SSSR count). The highest BCUT2D eigenvalue weighted by molar-refractivity contribution is 6.31. The van der Waals surface area contributed by atoms with Gasteiger partial charge < -0.3 is 4.90 Å². The van der Waals surface area contributed by atoms with E-state index in [-0.39, 0.29) is 30.4 Å². The smallest absolute Gasteiger partial charge is 0.241 e. The number of hydrogen-bond donors (Lipinski definition) is 2. The van der Waals surface area contributed by atoms with E-state index in [1.165, 1.54) is 18.2 Å². The summed E-state index contributed by atoms with van der Waals surface area (Å²) < 4.78 is 27.3. The highest BCUT2D eigenvalue weighted by atomic mass is 35.5. The van der Waals surface area contributed by atoms with Gasteiger partial charge in [-0.2, -0.15) is 0 Å². The molecule has 0 aromatic heterocycles. The van der Waals surface area contributed by atoms with Crippen LogP contribution in [0.2, 0.25) is 5.02 Å². The second kappa shape index (κ2) is 7.54. The van der Waals surface area contributed by atoms with Gasteiger partial charge in [0.05, 0.1) is 6.54 Å². The average molecular weight is 392 g/mol. The first-order valence-corrected chi connectivity index (χ1v) is 9.40. The fourth-order valence-corrected chi connectivity index (χ4v) is 3.68. The summed E-state index contributed by atoms with van der Waals surface area (Å²) in [6.45, 7) is 0.161. The van der Waals surface area contributed by atoms with Crippen molar-refractivity contribution in [2.45, 2.75) is 43.9 Å². The molecule has 0 bridgehead atoms. The Hall–Kier alpha value is -2.02. The van der Waals surface area contributed by atoms with Crippen LogP contribution in [0.25, 0.3) is 0 Å². The van der Waals surface area contributed by atoms with Crippen LogP contribution >= 0.6 is 11.6 Å². The summed E-state index contributed by atoms with van der Waals surface area (Å²) >= 11 is 6.14. The molecule has 2 atom stereocenters. The van der Waals surface area contributed by atoms with Gasteiger partial charge in [-0.15, -0.1) is 0 Å². The number of benzene rings is 2. The highest BCUT2D eigenvalue weighted by Gasteiger charge is 2.39. The number of carbonyl (C=O) groups is 1. The van der Waals surface area contributed by atoms with Gasteiger partial charge in [-0.05, 0) is 49.1 Å². The molecule has 2 aliphatic rings. The van der Waals surface area contributed by atoms with Crippen LogP contribution in [0.4, 0.5) is 8.78 Å². The predicted octanol–water partition coefficient (Wildman–Crippen LogP) is 3.72. The van der Waals surface area contributed by atoms with Gasteiger partial charge in [0, 0.05) is 22.7 Å². The van der Waals surface area contributed by atoms with Crippen molar-refractivity contribution >= 4 is 17.5 Å². The first-order chi connectivity index (χ1) is 13.0. The standard InChI is InChI=1S/C20H20ClF2N3O/c21-16-2-1-3-17(23)15(16)11-26(14-8-9-14)20(27)19-10-18(24-25-19)12-4-6-13(22)7-5-12/h1-7,14,18-19,24-25H,8-11H2. The maximum absolute atomic E-state index is 14.2. The van der Waals surface area contributed by atoms with Gasteiger partial charge in [0.2, 0.25) is 5.91 Å². The molecule has 7 heteroatoms. The molecule has 4 nitrogen and oxygen atoms in total. The van der Waals surface area contributed by atoms with Gasteiger partial charge in [0.25, 0.3) is 0 Å². The second-order valence-corrected chi connectivity index (χ2v) is 7.49. The topological polar surface area (TPSA) is 44.4 Å². The zero-order chi connectivity index (χ0) is 19.0. The van der Waals surface area contributed by atoms with Crippen molar-refractivity contribution in [3.05, 3.63) is 70.2 Å². The van der Waals surface area contributed by atoms with E-state index >= 15 is 0 Å². The van der Waals surface area contributed by atoms with E-state index in [4.69, 9.17) is 11.6 Å². The maximum atomic E-state index is 14.2. The summed E-state index contributed by atoms with van der Waals surface area (Å²) in [6.07, 6.45) is 2.37. The molecule has 1 heterocycles. The van der Waals surface area contributed by atoms with Crippen LogP contribution < -0.4 is 10.9 Å². The molecule has 2 aromatic carbocycles. The third-order valence-electron chi connectivity index (χ3n) is 5.13. The number of amides is 1. The van der Waals surface area contributed by atoms with Crippen LogP contribution in [-0.4, -0.2) is 22.9 Å². The van der Waals surface area contributed by atoms with Gasteiger partial charge in [-0.1, -0.05) is 29.8 Å². The van der Waals surface area contributed by atoms with Crippen LogP contribution in [0.3, 0.4) is 0 Å². The Bertz CT molecular complexity index is 821. The molecule has 1 amide bonds. The van der Waals surface area contributed by atoms with Crippen molar-refractivity contribution in [2.75, 3.05) is 0 Å². The summed E-state index contributed by atoms with van der Waals surface area (Å²) in [4.78, 5) is 14.8. The number of hydrazine groups is 1. The summed E-state index contributed by atoms with van der Waals surface area (Å²) in [6, 6.07) is 10.4. The van der Waals surface area contributed by atoms with Crippen molar-refractivity contribution in [3.63, 3.8) is 0 Å². The van der Waals surface area contributed by atoms with Gasteiger partial charge in [-0.3, -0.25) is 4.79 Å². The molecule has 1 saturated heterocycles. The van der Waals surface area contributed by atoms with Crippen LogP contribution in [0.1, 0.15) is 36.4 Å². The van der Waals surface area contributed by atoms with Crippen molar-refractivity contribution in [2.24, 2.45) is 0 Å². The summed E-state index contributed by atoms with van der Waals surface area (Å²) in [5, 5.41) is 0.329. The molecular weight excluding hydrogens is 372 g/mol. The molecule has 2 fully saturated rings. The predicted molar refractivity (Wildman–Crippen MR) is 98.8 cm³/mol. The number of hydrogen-bond acceptors (Lipinski definition) is 3. The normalized spacial score (nSPS) is 22.0. The zero-order valence-corrected chi connectivity index (χ0v) is 15.3. The van der Waals surface area contributed by atoms with Crippen LogP contribution in [0.5, 0.6) is 0 Å². The average Bonchev–Trinajstić information content (AvgIpc) is 3.37. The Morgan fingerprint density at radius 2 is 1.85 bits per heavy atom. The van der Waals surface area contributed by atoms with E-state index in [1.54, 1.807) is 29.2 Å². The minimum Gasteiger partial charge on any atom is -0.334 e. The second-order valence-electron chi connectivity index (χ2n) is 7.08. The van der Waals surface area contributed by atoms with Crippen LogP contribution in [0, 0.1) is 11.6 Å². The van der Waals surface area contributed by atoms with Gasteiger partial charge in [0.15, 0.2) is 0 Å². The van der Waals surface area contributed by atoms with E-state index in [1.807, 2.05) is 0 Å². The molecule has 1 saturated carbocycles. The lowest BCUT2D eigenvalue weighted by Crippen LogP contribution is -2.46. The van der Waals surface area contributed by atoms with Crippen LogP contribution in [0.15, 0.2) is 42.5 Å². The highest BCUT2D eigenvalue weighted by Crippen LogP contribution is 2.33. The zero-order valence-electron chi connectivity index (χ0n) is 14.6. The van der Waals surface area contributed by atoms with Crippen molar-refractivity contribution in [3.8, 4) is 0 Å². The molecule has 2 aromatic rings. The number of rotatable bonds is 5. The number of carbonyl (C=O) groups excluding carboxylic acids is 1. The third kappa shape index (κ3) is 3.98. The molecule has 0 radical (unpaired) electrons. The Morgan fingerprint density at radius 3 is 2.52 bits per heavy atom. The lowest BCUT2D eigenvalue weighted by molar-refractivity contribution is -0.134. The minimum absolute atomic E-state index is 0.0751. The summed E-state index contributed by atoms with van der Waals surface area (Å²) in [5.41, 5.74) is 7.40. The molecule has 1 aliphatic heterocycles. The molecular formula is C20H20ClF2N3O. The van der Waals surface area contributed by atoms with E-state index in [0.29, 0.717) is 17.0 Å². The Labute approximate surface area is 161 Å². The summed E-state index contributed by atoms with van der Waals surface area (Å²) in [7, 11) is 0. The van der Waals surface area contributed by atoms with Gasteiger partial charge in [-0.25, -0.2) is 19.6 Å². The van der Waals surface area contributed by atoms with E-state index in [2.05, 4.69) is 10.9 Å². The molecule has 142 valence electrons. The fourth-order valence-electron chi connectivity index (χ4n) is 3.46.